The zero-order valence-corrected chi connectivity index (χ0v) is 21.4. The number of hydrogen-bond acceptors (Lipinski definition) is 8. The van der Waals surface area contributed by atoms with Crippen molar-refractivity contribution in [3.8, 4) is 17.3 Å². The molecule has 198 valence electrons. The average molecular weight is 519 g/mol. The first kappa shape index (κ1) is 25.2. The molecule has 11 nitrogen and oxygen atoms in total. The van der Waals surface area contributed by atoms with Crippen LogP contribution in [0.4, 0.5) is 0 Å². The molecule has 1 aliphatic rings. The number of tetrazole rings is 1. The highest BCUT2D eigenvalue weighted by Gasteiger charge is 2.35. The van der Waals surface area contributed by atoms with E-state index in [0.717, 1.165) is 31.2 Å². The lowest BCUT2D eigenvalue weighted by molar-refractivity contribution is -0.143. The van der Waals surface area contributed by atoms with Gasteiger partial charge in [0.1, 0.15) is 23.8 Å². The first-order chi connectivity index (χ1) is 18.5. The van der Waals surface area contributed by atoms with Crippen molar-refractivity contribution >= 4 is 11.8 Å². The van der Waals surface area contributed by atoms with Crippen molar-refractivity contribution in [1.29, 1.82) is 0 Å². The third-order valence-corrected chi connectivity index (χ3v) is 6.60. The molecule has 0 unspecified atom stereocenters. The first-order valence-electron chi connectivity index (χ1n) is 12.6. The molecule has 4 aromatic rings. The molecule has 1 fully saturated rings. The summed E-state index contributed by atoms with van der Waals surface area (Å²) in [6.45, 7) is 1.75. The normalized spacial score (nSPS) is 14.4. The van der Waals surface area contributed by atoms with Crippen LogP contribution in [0, 0.1) is 6.92 Å². The standard InChI is InChI=1S/C27H30N6O5/c1-18-9-14-23(38-18)26-29-31-33(30-26)17-24(34)32(16-19-10-12-21(36-2)13-11-19)25(22-8-5-15-37-22)27(35)28-20-6-3-4-7-20/h5,8-15,20,25H,3-4,6-7,16-17H2,1-2H3,(H,28,35)/t25-/m0/s1. The molecule has 1 N–H and O–H groups in total. The van der Waals surface area contributed by atoms with Crippen molar-refractivity contribution < 1.29 is 23.2 Å². The Labute approximate surface area is 219 Å². The predicted molar refractivity (Wildman–Crippen MR) is 136 cm³/mol. The van der Waals surface area contributed by atoms with Crippen molar-refractivity contribution in [2.75, 3.05) is 7.11 Å². The van der Waals surface area contributed by atoms with E-state index < -0.39 is 6.04 Å². The molecule has 0 radical (unpaired) electrons. The van der Waals surface area contributed by atoms with Gasteiger partial charge in [0.05, 0.1) is 13.4 Å². The van der Waals surface area contributed by atoms with Crippen LogP contribution >= 0.6 is 0 Å². The highest BCUT2D eigenvalue weighted by Crippen LogP contribution is 2.27. The Morgan fingerprint density at radius 3 is 2.61 bits per heavy atom. The molecule has 1 atom stereocenters. The number of methoxy groups -OCH3 is 1. The zero-order valence-electron chi connectivity index (χ0n) is 21.4. The molecule has 0 bridgehead atoms. The smallest absolute Gasteiger partial charge is 0.250 e. The SMILES string of the molecule is COc1ccc(CN(C(=O)Cn2nnc(-c3ccc(C)o3)n2)[C@H](C(=O)NC2CCCC2)c2ccco2)cc1. The lowest BCUT2D eigenvalue weighted by Crippen LogP contribution is -2.46. The van der Waals surface area contributed by atoms with Crippen LogP contribution in [0.25, 0.3) is 11.6 Å². The van der Waals surface area contributed by atoms with Gasteiger partial charge in [-0.1, -0.05) is 25.0 Å². The van der Waals surface area contributed by atoms with Gasteiger partial charge in [0.15, 0.2) is 11.8 Å². The molecule has 5 rings (SSSR count). The van der Waals surface area contributed by atoms with E-state index in [1.165, 1.54) is 16.0 Å². The molecule has 38 heavy (non-hydrogen) atoms. The van der Waals surface area contributed by atoms with Crippen LogP contribution < -0.4 is 10.1 Å². The minimum absolute atomic E-state index is 0.0780. The fourth-order valence-corrected chi connectivity index (χ4v) is 4.65. The van der Waals surface area contributed by atoms with Gasteiger partial charge in [0, 0.05) is 12.6 Å². The Balaban J connectivity index is 1.43. The van der Waals surface area contributed by atoms with Crippen LogP contribution in [-0.4, -0.2) is 50.1 Å². The van der Waals surface area contributed by atoms with E-state index >= 15 is 0 Å². The number of carbonyl (C=O) groups is 2. The van der Waals surface area contributed by atoms with E-state index in [4.69, 9.17) is 13.6 Å². The fraction of sp³-hybridized carbons (Fsp3) is 0.370. The molecule has 1 aromatic carbocycles. The number of nitrogens with zero attached hydrogens (tertiary/aromatic N) is 5. The Kier molecular flexibility index (Phi) is 7.52. The van der Waals surface area contributed by atoms with E-state index in [2.05, 4.69) is 20.7 Å². The summed E-state index contributed by atoms with van der Waals surface area (Å²) in [5.74, 6) is 1.86. The Morgan fingerprint density at radius 2 is 1.95 bits per heavy atom. The molecule has 0 aliphatic heterocycles. The second-order valence-corrected chi connectivity index (χ2v) is 9.33. The summed E-state index contributed by atoms with van der Waals surface area (Å²) in [6.07, 6.45) is 5.47. The molecule has 1 saturated carbocycles. The van der Waals surface area contributed by atoms with Gasteiger partial charge in [-0.2, -0.15) is 4.80 Å². The minimum atomic E-state index is -0.976. The monoisotopic (exact) mass is 518 g/mol. The lowest BCUT2D eigenvalue weighted by atomic mass is 10.1. The van der Waals surface area contributed by atoms with Gasteiger partial charge in [-0.15, -0.1) is 10.2 Å². The van der Waals surface area contributed by atoms with Crippen LogP contribution in [0.15, 0.2) is 63.6 Å². The van der Waals surface area contributed by atoms with Crippen molar-refractivity contribution in [3.63, 3.8) is 0 Å². The Morgan fingerprint density at radius 1 is 1.16 bits per heavy atom. The molecule has 11 heteroatoms. The summed E-state index contributed by atoms with van der Waals surface area (Å²) in [5.41, 5.74) is 0.822. The lowest BCUT2D eigenvalue weighted by Gasteiger charge is -2.30. The van der Waals surface area contributed by atoms with Crippen LogP contribution in [0.5, 0.6) is 5.75 Å². The summed E-state index contributed by atoms with van der Waals surface area (Å²) in [7, 11) is 1.59. The molecular formula is C27H30N6O5. The molecular weight excluding hydrogens is 488 g/mol. The largest absolute Gasteiger partial charge is 0.497 e. The number of aryl methyl sites for hydroxylation is 1. The van der Waals surface area contributed by atoms with Crippen LogP contribution in [0.2, 0.25) is 0 Å². The highest BCUT2D eigenvalue weighted by molar-refractivity contribution is 5.88. The third-order valence-electron chi connectivity index (χ3n) is 6.60. The first-order valence-corrected chi connectivity index (χ1v) is 12.6. The van der Waals surface area contributed by atoms with Crippen molar-refractivity contribution in [2.24, 2.45) is 0 Å². The van der Waals surface area contributed by atoms with E-state index in [1.54, 1.807) is 31.4 Å². The number of furan rings is 2. The summed E-state index contributed by atoms with van der Waals surface area (Å²) >= 11 is 0. The molecule has 3 aromatic heterocycles. The predicted octanol–water partition coefficient (Wildman–Crippen LogP) is 3.67. The van der Waals surface area contributed by atoms with E-state index in [1.807, 2.05) is 31.2 Å². The maximum absolute atomic E-state index is 13.8. The maximum Gasteiger partial charge on any atom is 0.250 e. The molecule has 0 saturated heterocycles. The van der Waals surface area contributed by atoms with E-state index in [0.29, 0.717) is 23.0 Å². The zero-order chi connectivity index (χ0) is 26.5. The number of benzene rings is 1. The third kappa shape index (κ3) is 5.77. The van der Waals surface area contributed by atoms with Crippen molar-refractivity contribution in [3.05, 3.63) is 71.9 Å². The van der Waals surface area contributed by atoms with E-state index in [9.17, 15) is 9.59 Å². The minimum Gasteiger partial charge on any atom is -0.497 e. The van der Waals surface area contributed by atoms with Gasteiger partial charge in [-0.05, 0) is 66.9 Å². The van der Waals surface area contributed by atoms with Crippen molar-refractivity contribution in [1.82, 2.24) is 30.4 Å². The van der Waals surface area contributed by atoms with Crippen molar-refractivity contribution in [2.45, 2.75) is 57.8 Å². The number of amides is 2. The molecule has 0 spiro atoms. The number of rotatable bonds is 10. The summed E-state index contributed by atoms with van der Waals surface area (Å²) in [6, 6.07) is 13.4. The molecule has 2 amide bonds. The number of aromatic nitrogens is 4. The van der Waals surface area contributed by atoms with Gasteiger partial charge in [0.2, 0.25) is 11.7 Å². The average Bonchev–Trinajstić information content (AvgIpc) is 3.73. The van der Waals surface area contributed by atoms with Gasteiger partial charge >= 0.3 is 0 Å². The number of hydrogen-bond donors (Lipinski definition) is 1. The number of nitrogens with one attached hydrogen (secondary N) is 1. The Bertz CT molecular complexity index is 1350. The van der Waals surface area contributed by atoms with E-state index in [-0.39, 0.29) is 36.8 Å². The van der Waals surface area contributed by atoms with Gasteiger partial charge in [-0.3, -0.25) is 9.59 Å². The Hall–Kier alpha value is -4.41. The molecule has 3 heterocycles. The summed E-state index contributed by atoms with van der Waals surface area (Å²) < 4.78 is 16.5. The maximum atomic E-state index is 13.8. The number of carbonyl (C=O) groups excluding carboxylic acids is 2. The van der Waals surface area contributed by atoms with Crippen LogP contribution in [-0.2, 0) is 22.7 Å². The van der Waals surface area contributed by atoms with Gasteiger partial charge in [0.25, 0.3) is 5.91 Å². The fourth-order valence-electron chi connectivity index (χ4n) is 4.65. The second kappa shape index (κ2) is 11.3. The summed E-state index contributed by atoms with van der Waals surface area (Å²) in [5, 5.41) is 15.5. The second-order valence-electron chi connectivity index (χ2n) is 9.33. The van der Waals surface area contributed by atoms with Crippen LogP contribution in [0.1, 0.15) is 48.8 Å². The van der Waals surface area contributed by atoms with Crippen LogP contribution in [0.3, 0.4) is 0 Å². The van der Waals surface area contributed by atoms with Gasteiger partial charge < -0.3 is 23.8 Å². The molecule has 1 aliphatic carbocycles. The van der Waals surface area contributed by atoms with Gasteiger partial charge in [-0.25, -0.2) is 0 Å². The quantitative estimate of drug-likeness (QED) is 0.337. The summed E-state index contributed by atoms with van der Waals surface area (Å²) in [4.78, 5) is 30.1. The number of ether oxygens (including phenoxy) is 1. The topological polar surface area (TPSA) is 129 Å². The highest BCUT2D eigenvalue weighted by atomic mass is 16.5.